The van der Waals surface area contributed by atoms with Crippen LogP contribution in [-0.4, -0.2) is 20.8 Å². The molecule has 0 bridgehead atoms. The summed E-state index contributed by atoms with van der Waals surface area (Å²) in [5.41, 5.74) is 2.90. The number of carbonyl (C=O) groups is 1. The van der Waals surface area contributed by atoms with Crippen molar-refractivity contribution in [2.75, 3.05) is 0 Å². The zero-order valence-corrected chi connectivity index (χ0v) is 9.31. The minimum absolute atomic E-state index is 0.0732. The first-order valence-electron chi connectivity index (χ1n) is 4.84. The van der Waals surface area contributed by atoms with E-state index in [1.807, 2.05) is 31.5 Å². The second kappa shape index (κ2) is 3.52. The Hall–Kier alpha value is -2.04. The maximum atomic E-state index is 10.7. The van der Waals surface area contributed by atoms with E-state index in [9.17, 15) is 4.79 Å². The lowest BCUT2D eigenvalue weighted by atomic mass is 10.2. The van der Waals surface area contributed by atoms with Gasteiger partial charge >= 0.3 is 5.97 Å². The number of hydrogen-bond acceptors (Lipinski definition) is 3. The van der Waals surface area contributed by atoms with Gasteiger partial charge in [0, 0.05) is 30.1 Å². The highest BCUT2D eigenvalue weighted by atomic mass is 16.5. The number of nitrogens with zero attached hydrogens (tertiary/aromatic N) is 2. The molecule has 5 heteroatoms. The standard InChI is InChI=1S/C11H12N2O3/c1-6-4-8(7(2)13(6)3)10-5-9(11(14)15)12-16-10/h4-5H,1-3H3,(H,14,15). The first-order chi connectivity index (χ1) is 7.50. The smallest absolute Gasteiger partial charge is 0.358 e. The van der Waals surface area contributed by atoms with Crippen molar-refractivity contribution in [3.8, 4) is 11.3 Å². The number of aromatic carboxylic acids is 1. The molecule has 0 radical (unpaired) electrons. The lowest BCUT2D eigenvalue weighted by Gasteiger charge is -1.99. The number of aromatic nitrogens is 2. The van der Waals surface area contributed by atoms with E-state index in [0.29, 0.717) is 5.76 Å². The summed E-state index contributed by atoms with van der Waals surface area (Å²) in [4.78, 5) is 10.7. The van der Waals surface area contributed by atoms with Gasteiger partial charge in [-0.1, -0.05) is 5.16 Å². The summed E-state index contributed by atoms with van der Waals surface area (Å²) in [5.74, 6) is -0.598. The summed E-state index contributed by atoms with van der Waals surface area (Å²) in [6.07, 6.45) is 0. The third-order valence-corrected chi connectivity index (χ3v) is 2.77. The molecule has 0 saturated heterocycles. The molecule has 0 fully saturated rings. The summed E-state index contributed by atoms with van der Waals surface area (Å²) >= 11 is 0. The molecule has 2 heterocycles. The van der Waals surface area contributed by atoms with Crippen LogP contribution < -0.4 is 0 Å². The van der Waals surface area contributed by atoms with Crippen LogP contribution in [0.25, 0.3) is 11.3 Å². The van der Waals surface area contributed by atoms with E-state index in [2.05, 4.69) is 5.16 Å². The van der Waals surface area contributed by atoms with Crippen LogP contribution in [0.2, 0.25) is 0 Å². The summed E-state index contributed by atoms with van der Waals surface area (Å²) in [7, 11) is 1.95. The number of carboxylic acid groups (broad SMARTS) is 1. The van der Waals surface area contributed by atoms with Crippen LogP contribution in [0.4, 0.5) is 0 Å². The minimum Gasteiger partial charge on any atom is -0.476 e. The first kappa shape index (κ1) is 10.5. The zero-order valence-electron chi connectivity index (χ0n) is 9.31. The van der Waals surface area contributed by atoms with Gasteiger partial charge in [0.15, 0.2) is 11.5 Å². The van der Waals surface area contributed by atoms with Gasteiger partial charge in [0.05, 0.1) is 0 Å². The molecule has 84 valence electrons. The summed E-state index contributed by atoms with van der Waals surface area (Å²) in [6.45, 7) is 3.93. The molecule has 2 aromatic rings. The normalized spacial score (nSPS) is 10.7. The van der Waals surface area contributed by atoms with Crippen LogP contribution in [-0.2, 0) is 7.05 Å². The lowest BCUT2D eigenvalue weighted by molar-refractivity contribution is 0.0686. The summed E-state index contributed by atoms with van der Waals surface area (Å²) < 4.78 is 7.03. The third-order valence-electron chi connectivity index (χ3n) is 2.77. The van der Waals surface area contributed by atoms with Crippen molar-refractivity contribution >= 4 is 5.97 Å². The molecule has 1 N–H and O–H groups in total. The average molecular weight is 220 g/mol. The van der Waals surface area contributed by atoms with Gasteiger partial charge in [0.2, 0.25) is 0 Å². The van der Waals surface area contributed by atoms with Crippen LogP contribution in [0, 0.1) is 13.8 Å². The van der Waals surface area contributed by atoms with E-state index in [-0.39, 0.29) is 5.69 Å². The van der Waals surface area contributed by atoms with Crippen molar-refractivity contribution in [3.05, 3.63) is 29.2 Å². The van der Waals surface area contributed by atoms with Crippen molar-refractivity contribution < 1.29 is 14.4 Å². The maximum absolute atomic E-state index is 10.7. The highest BCUT2D eigenvalue weighted by Crippen LogP contribution is 2.26. The van der Waals surface area contributed by atoms with Gasteiger partial charge in [0.1, 0.15) is 0 Å². The molecule has 0 amide bonds. The van der Waals surface area contributed by atoms with Gasteiger partial charge in [-0.2, -0.15) is 0 Å². The highest BCUT2D eigenvalue weighted by molar-refractivity contribution is 5.86. The molecule has 0 aliphatic heterocycles. The molecule has 0 spiro atoms. The predicted molar refractivity (Wildman–Crippen MR) is 57.3 cm³/mol. The molecule has 0 atom stereocenters. The number of carboxylic acids is 1. The molecule has 0 unspecified atom stereocenters. The molecular weight excluding hydrogens is 208 g/mol. The highest BCUT2D eigenvalue weighted by Gasteiger charge is 2.16. The Kier molecular flexibility index (Phi) is 2.30. The molecule has 0 saturated carbocycles. The fourth-order valence-electron chi connectivity index (χ4n) is 1.61. The van der Waals surface area contributed by atoms with Crippen LogP contribution >= 0.6 is 0 Å². The summed E-state index contributed by atoms with van der Waals surface area (Å²) in [6, 6.07) is 3.38. The quantitative estimate of drug-likeness (QED) is 0.840. The Morgan fingerprint density at radius 1 is 1.44 bits per heavy atom. The fourth-order valence-corrected chi connectivity index (χ4v) is 1.61. The Morgan fingerprint density at radius 2 is 2.12 bits per heavy atom. The minimum atomic E-state index is -1.08. The van der Waals surface area contributed by atoms with Gasteiger partial charge in [0.25, 0.3) is 0 Å². The molecule has 2 aromatic heterocycles. The van der Waals surface area contributed by atoms with Crippen molar-refractivity contribution in [3.63, 3.8) is 0 Å². The first-order valence-corrected chi connectivity index (χ1v) is 4.84. The SMILES string of the molecule is Cc1cc(-c2cc(C(=O)O)no2)c(C)n1C. The predicted octanol–water partition coefficient (Wildman–Crippen LogP) is 2.00. The Morgan fingerprint density at radius 3 is 2.56 bits per heavy atom. The van der Waals surface area contributed by atoms with Gasteiger partial charge in [-0.05, 0) is 19.9 Å². The lowest BCUT2D eigenvalue weighted by Crippen LogP contribution is -1.94. The van der Waals surface area contributed by atoms with Gasteiger partial charge in [-0.25, -0.2) is 4.79 Å². The third kappa shape index (κ3) is 1.50. The molecular formula is C11H12N2O3. The second-order valence-corrected chi connectivity index (χ2v) is 3.73. The summed E-state index contributed by atoms with van der Waals surface area (Å²) in [5, 5.41) is 12.2. The Bertz CT molecular complexity index is 552. The second-order valence-electron chi connectivity index (χ2n) is 3.73. The van der Waals surface area contributed by atoms with Gasteiger partial charge in [-0.15, -0.1) is 0 Å². The molecule has 0 aromatic carbocycles. The van der Waals surface area contributed by atoms with Crippen molar-refractivity contribution in [2.24, 2.45) is 7.05 Å². The molecule has 16 heavy (non-hydrogen) atoms. The van der Waals surface area contributed by atoms with E-state index >= 15 is 0 Å². The fraction of sp³-hybridized carbons (Fsp3) is 0.273. The van der Waals surface area contributed by atoms with Crippen molar-refractivity contribution in [2.45, 2.75) is 13.8 Å². The molecule has 5 nitrogen and oxygen atoms in total. The number of hydrogen-bond donors (Lipinski definition) is 1. The van der Waals surface area contributed by atoms with Crippen LogP contribution in [0.1, 0.15) is 21.9 Å². The Balaban J connectivity index is 2.50. The largest absolute Gasteiger partial charge is 0.476 e. The van der Waals surface area contributed by atoms with Crippen molar-refractivity contribution in [1.82, 2.24) is 9.72 Å². The van der Waals surface area contributed by atoms with E-state index in [4.69, 9.17) is 9.63 Å². The molecule has 0 aliphatic carbocycles. The van der Waals surface area contributed by atoms with Crippen LogP contribution in [0.3, 0.4) is 0 Å². The maximum Gasteiger partial charge on any atom is 0.358 e. The van der Waals surface area contributed by atoms with Crippen LogP contribution in [0.5, 0.6) is 0 Å². The average Bonchev–Trinajstić information content (AvgIpc) is 2.79. The van der Waals surface area contributed by atoms with E-state index in [1.165, 1.54) is 6.07 Å². The van der Waals surface area contributed by atoms with E-state index in [0.717, 1.165) is 17.0 Å². The van der Waals surface area contributed by atoms with Gasteiger partial charge in [-0.3, -0.25) is 0 Å². The molecule has 2 rings (SSSR count). The zero-order chi connectivity index (χ0) is 11.9. The van der Waals surface area contributed by atoms with E-state index in [1.54, 1.807) is 0 Å². The number of aryl methyl sites for hydroxylation is 1. The monoisotopic (exact) mass is 220 g/mol. The van der Waals surface area contributed by atoms with E-state index < -0.39 is 5.97 Å². The van der Waals surface area contributed by atoms with Crippen molar-refractivity contribution in [1.29, 1.82) is 0 Å². The number of rotatable bonds is 2. The van der Waals surface area contributed by atoms with Gasteiger partial charge < -0.3 is 14.2 Å². The van der Waals surface area contributed by atoms with Crippen LogP contribution in [0.15, 0.2) is 16.7 Å². The Labute approximate surface area is 92.3 Å². The molecule has 0 aliphatic rings. The topological polar surface area (TPSA) is 68.3 Å².